The molecule has 2 unspecified atom stereocenters. The summed E-state index contributed by atoms with van der Waals surface area (Å²) in [7, 11) is 1.54. The highest BCUT2D eigenvalue weighted by Gasteiger charge is 2.47. The predicted octanol–water partition coefficient (Wildman–Crippen LogP) is 3.95. The fraction of sp³-hybridized carbons (Fsp3) is 0.304. The van der Waals surface area contributed by atoms with Gasteiger partial charge in [0.2, 0.25) is 0 Å². The minimum absolute atomic E-state index is 0.0243. The summed E-state index contributed by atoms with van der Waals surface area (Å²) < 4.78 is 10.8. The summed E-state index contributed by atoms with van der Waals surface area (Å²) in [4.78, 5) is 27.4. The maximum atomic E-state index is 13.0. The molecule has 4 rings (SSSR count). The summed E-state index contributed by atoms with van der Waals surface area (Å²) in [5, 5.41) is 11.5. The Balaban J connectivity index is 1.82. The Morgan fingerprint density at radius 2 is 1.93 bits per heavy atom. The standard InChI is InChI=1S/C23H22ClNO5/c1-29-15-10-8-14(9-11-15)21(26)19-20(17-6-2-3-7-18(17)24)25(23(28)22(19)27)13-16-5-4-12-30-16/h2-3,6-11,16,20,26H,4-5,12-13H2,1H3/b21-19+. The van der Waals surface area contributed by atoms with Crippen LogP contribution in [0.5, 0.6) is 5.75 Å². The van der Waals surface area contributed by atoms with Crippen LogP contribution in [0.25, 0.3) is 5.76 Å². The number of halogens is 1. The first kappa shape index (κ1) is 20.4. The van der Waals surface area contributed by atoms with E-state index in [2.05, 4.69) is 0 Å². The van der Waals surface area contributed by atoms with Crippen LogP contribution >= 0.6 is 11.6 Å². The minimum atomic E-state index is -0.787. The molecule has 2 fully saturated rings. The van der Waals surface area contributed by atoms with Gasteiger partial charge in [0.15, 0.2) is 0 Å². The number of likely N-dealkylation sites (tertiary alicyclic amines) is 1. The van der Waals surface area contributed by atoms with Crippen molar-refractivity contribution in [1.82, 2.24) is 4.90 Å². The number of nitrogens with zero attached hydrogens (tertiary/aromatic N) is 1. The first-order valence-corrected chi connectivity index (χ1v) is 10.2. The lowest BCUT2D eigenvalue weighted by Crippen LogP contribution is -2.36. The second-order valence-corrected chi connectivity index (χ2v) is 7.74. The molecule has 2 heterocycles. The SMILES string of the molecule is COc1ccc(/C(O)=C2\C(=O)C(=O)N(CC3CCCO3)C2c2ccccc2Cl)cc1. The summed E-state index contributed by atoms with van der Waals surface area (Å²) in [6.07, 6.45) is 1.59. The van der Waals surface area contributed by atoms with Gasteiger partial charge >= 0.3 is 0 Å². The first-order chi connectivity index (χ1) is 14.5. The van der Waals surface area contributed by atoms with E-state index < -0.39 is 17.7 Å². The van der Waals surface area contributed by atoms with Crippen LogP contribution in [0.2, 0.25) is 5.02 Å². The molecular formula is C23H22ClNO5. The van der Waals surface area contributed by atoms with Crippen LogP contribution in [0.3, 0.4) is 0 Å². The molecule has 6 nitrogen and oxygen atoms in total. The van der Waals surface area contributed by atoms with Crippen molar-refractivity contribution in [1.29, 1.82) is 0 Å². The zero-order valence-electron chi connectivity index (χ0n) is 16.5. The molecule has 30 heavy (non-hydrogen) atoms. The Labute approximate surface area is 179 Å². The lowest BCUT2D eigenvalue weighted by Gasteiger charge is -2.28. The molecule has 2 aromatic rings. The Kier molecular flexibility index (Phi) is 5.79. The van der Waals surface area contributed by atoms with E-state index in [4.69, 9.17) is 21.1 Å². The first-order valence-electron chi connectivity index (χ1n) is 9.80. The number of carbonyl (C=O) groups excluding carboxylic acids is 2. The molecule has 2 aromatic carbocycles. The monoisotopic (exact) mass is 427 g/mol. The molecule has 1 amide bonds. The fourth-order valence-corrected chi connectivity index (χ4v) is 4.24. The van der Waals surface area contributed by atoms with Crippen LogP contribution in [0.15, 0.2) is 54.1 Å². The van der Waals surface area contributed by atoms with Crippen LogP contribution in [0.1, 0.15) is 30.0 Å². The topological polar surface area (TPSA) is 76.1 Å². The van der Waals surface area contributed by atoms with Crippen LogP contribution in [-0.4, -0.2) is 48.1 Å². The highest BCUT2D eigenvalue weighted by atomic mass is 35.5. The largest absolute Gasteiger partial charge is 0.507 e. The van der Waals surface area contributed by atoms with Gasteiger partial charge in [0, 0.05) is 23.7 Å². The Morgan fingerprint density at radius 3 is 2.57 bits per heavy atom. The van der Waals surface area contributed by atoms with E-state index >= 15 is 0 Å². The molecular weight excluding hydrogens is 406 g/mol. The van der Waals surface area contributed by atoms with Crippen LogP contribution in [0, 0.1) is 0 Å². The van der Waals surface area contributed by atoms with Crippen molar-refractivity contribution < 1.29 is 24.2 Å². The predicted molar refractivity (Wildman–Crippen MR) is 112 cm³/mol. The van der Waals surface area contributed by atoms with Crippen molar-refractivity contribution in [2.45, 2.75) is 25.0 Å². The molecule has 156 valence electrons. The zero-order chi connectivity index (χ0) is 21.3. The number of methoxy groups -OCH3 is 1. The lowest BCUT2D eigenvalue weighted by molar-refractivity contribution is -0.140. The van der Waals surface area contributed by atoms with Gasteiger partial charge in [-0.2, -0.15) is 0 Å². The number of ketones is 1. The Hall–Kier alpha value is -2.83. The Morgan fingerprint density at radius 1 is 1.20 bits per heavy atom. The summed E-state index contributed by atoms with van der Waals surface area (Å²) in [6, 6.07) is 12.9. The zero-order valence-corrected chi connectivity index (χ0v) is 17.3. The number of aliphatic hydroxyl groups excluding tert-OH is 1. The van der Waals surface area contributed by atoms with Crippen LogP contribution in [-0.2, 0) is 14.3 Å². The second kappa shape index (κ2) is 8.50. The average molecular weight is 428 g/mol. The van der Waals surface area contributed by atoms with Crippen molar-refractivity contribution in [2.24, 2.45) is 0 Å². The van der Waals surface area contributed by atoms with Gasteiger partial charge in [0.05, 0.1) is 24.8 Å². The van der Waals surface area contributed by atoms with Gasteiger partial charge in [-0.25, -0.2) is 0 Å². The van der Waals surface area contributed by atoms with Crippen molar-refractivity contribution in [3.63, 3.8) is 0 Å². The number of Topliss-reactive ketones (excluding diaryl/α,β-unsaturated/α-hetero) is 1. The molecule has 0 spiro atoms. The van der Waals surface area contributed by atoms with Gasteiger partial charge in [-0.15, -0.1) is 0 Å². The molecule has 0 saturated carbocycles. The number of ether oxygens (including phenoxy) is 2. The van der Waals surface area contributed by atoms with E-state index in [1.807, 2.05) is 0 Å². The summed E-state index contributed by atoms with van der Waals surface area (Å²) >= 11 is 6.44. The summed E-state index contributed by atoms with van der Waals surface area (Å²) in [5.41, 5.74) is 1.03. The molecule has 0 aliphatic carbocycles. The van der Waals surface area contributed by atoms with Gasteiger partial charge in [-0.1, -0.05) is 29.8 Å². The Bertz CT molecular complexity index is 995. The second-order valence-electron chi connectivity index (χ2n) is 7.34. The summed E-state index contributed by atoms with van der Waals surface area (Å²) in [6.45, 7) is 0.900. The van der Waals surface area contributed by atoms with Gasteiger partial charge in [-0.05, 0) is 48.7 Å². The number of rotatable bonds is 5. The van der Waals surface area contributed by atoms with E-state index in [1.54, 1.807) is 55.6 Å². The van der Waals surface area contributed by atoms with Gasteiger partial charge in [0.25, 0.3) is 11.7 Å². The lowest BCUT2D eigenvalue weighted by atomic mass is 9.95. The van der Waals surface area contributed by atoms with Crippen molar-refractivity contribution in [2.75, 3.05) is 20.3 Å². The third-order valence-electron chi connectivity index (χ3n) is 5.53. The van der Waals surface area contributed by atoms with E-state index in [1.165, 1.54) is 4.90 Å². The third-order valence-corrected chi connectivity index (χ3v) is 5.87. The summed E-state index contributed by atoms with van der Waals surface area (Å²) in [5.74, 6) is -1.01. The normalized spacial score (nSPS) is 23.2. The molecule has 2 saturated heterocycles. The average Bonchev–Trinajstić information content (AvgIpc) is 3.36. The molecule has 2 atom stereocenters. The number of aliphatic hydroxyl groups is 1. The number of amides is 1. The van der Waals surface area contributed by atoms with Crippen LogP contribution in [0.4, 0.5) is 0 Å². The number of benzene rings is 2. The third kappa shape index (κ3) is 3.68. The molecule has 0 bridgehead atoms. The van der Waals surface area contributed by atoms with Gasteiger partial charge in [-0.3, -0.25) is 9.59 Å². The maximum absolute atomic E-state index is 13.0. The van der Waals surface area contributed by atoms with Crippen LogP contribution < -0.4 is 4.74 Å². The number of carbonyl (C=O) groups is 2. The van der Waals surface area contributed by atoms with E-state index in [-0.39, 0.29) is 24.0 Å². The minimum Gasteiger partial charge on any atom is -0.507 e. The molecule has 0 radical (unpaired) electrons. The highest BCUT2D eigenvalue weighted by Crippen LogP contribution is 2.42. The van der Waals surface area contributed by atoms with Gasteiger partial charge < -0.3 is 19.5 Å². The van der Waals surface area contributed by atoms with E-state index in [0.717, 1.165) is 12.8 Å². The molecule has 0 aromatic heterocycles. The van der Waals surface area contributed by atoms with Crippen molar-refractivity contribution in [3.05, 3.63) is 70.3 Å². The molecule has 2 aliphatic rings. The quantitative estimate of drug-likeness (QED) is 0.444. The molecule has 1 N–H and O–H groups in total. The number of hydrogen-bond acceptors (Lipinski definition) is 5. The molecule has 7 heteroatoms. The maximum Gasteiger partial charge on any atom is 0.295 e. The smallest absolute Gasteiger partial charge is 0.295 e. The van der Waals surface area contributed by atoms with Crippen molar-refractivity contribution in [3.8, 4) is 5.75 Å². The number of hydrogen-bond donors (Lipinski definition) is 1. The van der Waals surface area contributed by atoms with Crippen molar-refractivity contribution >= 4 is 29.1 Å². The van der Waals surface area contributed by atoms with E-state index in [9.17, 15) is 14.7 Å². The highest BCUT2D eigenvalue weighted by molar-refractivity contribution is 6.47. The van der Waals surface area contributed by atoms with E-state index in [0.29, 0.717) is 28.5 Å². The molecule has 2 aliphatic heterocycles. The fourth-order valence-electron chi connectivity index (χ4n) is 4.00. The van der Waals surface area contributed by atoms with Gasteiger partial charge in [0.1, 0.15) is 11.5 Å².